The molecule has 0 aliphatic carbocycles. The van der Waals surface area contributed by atoms with E-state index in [9.17, 15) is 12.8 Å². The van der Waals surface area contributed by atoms with Crippen molar-refractivity contribution in [2.24, 2.45) is 0 Å². The normalized spacial score (nSPS) is 11.4. The average molecular weight is 423 g/mol. The van der Waals surface area contributed by atoms with E-state index in [1.807, 2.05) is 0 Å². The van der Waals surface area contributed by atoms with Crippen LogP contribution in [0.2, 0.25) is 0 Å². The molecule has 0 aromatic heterocycles. The molecule has 1 N–H and O–H groups in total. The molecule has 0 aliphatic rings. The number of hydrogen-bond donors (Lipinski definition) is 1. The SMILES string of the molecule is Cc1ccc(Br)cc1S(=O)(=O)Nc1ccc(Br)c(F)c1. The van der Waals surface area contributed by atoms with Crippen molar-refractivity contribution < 1.29 is 12.8 Å². The highest BCUT2D eigenvalue weighted by Crippen LogP contribution is 2.25. The monoisotopic (exact) mass is 421 g/mol. The first-order valence-corrected chi connectivity index (χ1v) is 8.60. The smallest absolute Gasteiger partial charge is 0.262 e. The molecule has 0 fully saturated rings. The molecule has 106 valence electrons. The van der Waals surface area contributed by atoms with Crippen molar-refractivity contribution in [1.82, 2.24) is 0 Å². The summed E-state index contributed by atoms with van der Waals surface area (Å²) < 4.78 is 41.3. The Morgan fingerprint density at radius 1 is 1.10 bits per heavy atom. The van der Waals surface area contributed by atoms with Gasteiger partial charge in [0.1, 0.15) is 5.82 Å². The highest BCUT2D eigenvalue weighted by atomic mass is 79.9. The minimum absolute atomic E-state index is 0.148. The van der Waals surface area contributed by atoms with Crippen LogP contribution in [0.5, 0.6) is 0 Å². The third-order valence-corrected chi connectivity index (χ3v) is 5.27. The second-order valence-corrected chi connectivity index (χ2v) is 7.57. The van der Waals surface area contributed by atoms with Crippen molar-refractivity contribution in [2.45, 2.75) is 11.8 Å². The van der Waals surface area contributed by atoms with Crippen molar-refractivity contribution >= 4 is 47.6 Å². The lowest BCUT2D eigenvalue weighted by Gasteiger charge is -2.11. The van der Waals surface area contributed by atoms with Gasteiger partial charge in [-0.2, -0.15) is 0 Å². The molecule has 0 unspecified atom stereocenters. The van der Waals surface area contributed by atoms with Gasteiger partial charge in [-0.25, -0.2) is 12.8 Å². The van der Waals surface area contributed by atoms with Crippen molar-refractivity contribution in [3.05, 3.63) is 56.7 Å². The van der Waals surface area contributed by atoms with Crippen molar-refractivity contribution in [2.75, 3.05) is 4.72 Å². The Bertz CT molecular complexity index is 763. The number of aryl methyl sites for hydroxylation is 1. The summed E-state index contributed by atoms with van der Waals surface area (Å²) in [5, 5.41) is 0. The van der Waals surface area contributed by atoms with E-state index in [0.29, 0.717) is 10.0 Å². The molecule has 0 saturated carbocycles. The number of hydrogen-bond acceptors (Lipinski definition) is 2. The van der Waals surface area contributed by atoms with Crippen molar-refractivity contribution in [3.8, 4) is 0 Å². The Labute approximate surface area is 133 Å². The summed E-state index contributed by atoms with van der Waals surface area (Å²) in [6.45, 7) is 1.70. The number of nitrogens with one attached hydrogen (secondary N) is 1. The van der Waals surface area contributed by atoms with E-state index in [1.165, 1.54) is 18.2 Å². The van der Waals surface area contributed by atoms with Crippen LogP contribution in [0.3, 0.4) is 0 Å². The maximum atomic E-state index is 13.4. The quantitative estimate of drug-likeness (QED) is 0.793. The molecule has 2 aromatic rings. The van der Waals surface area contributed by atoms with Crippen LogP contribution in [0.25, 0.3) is 0 Å². The van der Waals surface area contributed by atoms with Crippen LogP contribution in [-0.4, -0.2) is 8.42 Å². The second kappa shape index (κ2) is 5.83. The number of rotatable bonds is 3. The number of benzene rings is 2. The molecule has 0 heterocycles. The van der Waals surface area contributed by atoms with Gasteiger partial charge in [-0.3, -0.25) is 4.72 Å². The van der Waals surface area contributed by atoms with E-state index in [2.05, 4.69) is 36.6 Å². The lowest BCUT2D eigenvalue weighted by molar-refractivity contribution is 0.600. The van der Waals surface area contributed by atoms with Gasteiger partial charge in [0.2, 0.25) is 0 Å². The Hall–Kier alpha value is -0.920. The summed E-state index contributed by atoms with van der Waals surface area (Å²) in [6, 6.07) is 9.01. The largest absolute Gasteiger partial charge is 0.280 e. The first-order chi connectivity index (χ1) is 9.29. The van der Waals surface area contributed by atoms with E-state index in [4.69, 9.17) is 0 Å². The zero-order chi connectivity index (χ0) is 14.9. The molecule has 0 amide bonds. The lowest BCUT2D eigenvalue weighted by atomic mass is 10.2. The molecule has 0 aliphatic heterocycles. The summed E-state index contributed by atoms with van der Waals surface area (Å²) >= 11 is 6.25. The summed E-state index contributed by atoms with van der Waals surface area (Å²) in [7, 11) is -3.76. The van der Waals surface area contributed by atoms with Gasteiger partial charge in [-0.15, -0.1) is 0 Å². The fourth-order valence-electron chi connectivity index (χ4n) is 1.63. The van der Waals surface area contributed by atoms with Crippen molar-refractivity contribution in [1.29, 1.82) is 0 Å². The van der Waals surface area contributed by atoms with Crippen LogP contribution in [-0.2, 0) is 10.0 Å². The molecule has 0 atom stereocenters. The molecule has 3 nitrogen and oxygen atoms in total. The molecule has 0 bridgehead atoms. The maximum Gasteiger partial charge on any atom is 0.262 e. The molecule has 0 radical (unpaired) electrons. The van der Waals surface area contributed by atoms with Gasteiger partial charge in [0.05, 0.1) is 15.1 Å². The van der Waals surface area contributed by atoms with Crippen LogP contribution >= 0.6 is 31.9 Å². The van der Waals surface area contributed by atoms with Gasteiger partial charge in [0, 0.05) is 4.47 Å². The second-order valence-electron chi connectivity index (χ2n) is 4.14. The van der Waals surface area contributed by atoms with Crippen molar-refractivity contribution in [3.63, 3.8) is 0 Å². The van der Waals surface area contributed by atoms with Crippen LogP contribution in [0.4, 0.5) is 10.1 Å². The van der Waals surface area contributed by atoms with Gasteiger partial charge in [0.15, 0.2) is 0 Å². The standard InChI is InChI=1S/C13H10Br2FNO2S/c1-8-2-3-9(14)6-13(8)20(18,19)17-10-4-5-11(15)12(16)7-10/h2-7,17H,1H3. The number of sulfonamides is 1. The fraction of sp³-hybridized carbons (Fsp3) is 0.0769. The zero-order valence-corrected chi connectivity index (χ0v) is 14.3. The summed E-state index contributed by atoms with van der Waals surface area (Å²) in [5.41, 5.74) is 0.781. The predicted molar refractivity (Wildman–Crippen MR) is 83.8 cm³/mol. The lowest BCUT2D eigenvalue weighted by Crippen LogP contribution is -2.14. The predicted octanol–water partition coefficient (Wildman–Crippen LogP) is 4.46. The highest BCUT2D eigenvalue weighted by molar-refractivity contribution is 9.10. The minimum atomic E-state index is -3.76. The molecular formula is C13H10Br2FNO2S. The number of anilines is 1. The molecule has 2 rings (SSSR count). The van der Waals surface area contributed by atoms with Crippen LogP contribution < -0.4 is 4.72 Å². The number of halogens is 3. The minimum Gasteiger partial charge on any atom is -0.280 e. The summed E-state index contributed by atoms with van der Waals surface area (Å²) in [6.07, 6.45) is 0. The van der Waals surface area contributed by atoms with E-state index in [0.717, 1.165) is 6.07 Å². The molecule has 7 heteroatoms. The fourth-order valence-corrected chi connectivity index (χ4v) is 3.71. The van der Waals surface area contributed by atoms with Gasteiger partial charge >= 0.3 is 0 Å². The third-order valence-electron chi connectivity index (χ3n) is 2.61. The molecule has 0 spiro atoms. The topological polar surface area (TPSA) is 46.2 Å². The van der Waals surface area contributed by atoms with E-state index < -0.39 is 15.8 Å². The van der Waals surface area contributed by atoms with E-state index in [-0.39, 0.29) is 15.1 Å². The van der Waals surface area contributed by atoms with Gasteiger partial charge in [-0.1, -0.05) is 22.0 Å². The Balaban J connectivity index is 2.40. The third kappa shape index (κ3) is 3.39. The zero-order valence-electron chi connectivity index (χ0n) is 10.3. The molecule has 2 aromatic carbocycles. The van der Waals surface area contributed by atoms with Gasteiger partial charge in [0.25, 0.3) is 10.0 Å². The Morgan fingerprint density at radius 3 is 2.45 bits per heavy atom. The molecule has 20 heavy (non-hydrogen) atoms. The summed E-state index contributed by atoms with van der Waals surface area (Å²) in [4.78, 5) is 0.148. The van der Waals surface area contributed by atoms with E-state index >= 15 is 0 Å². The molecule has 0 saturated heterocycles. The first-order valence-electron chi connectivity index (χ1n) is 5.53. The van der Waals surface area contributed by atoms with E-state index in [1.54, 1.807) is 19.1 Å². The first kappa shape index (κ1) is 15.5. The Morgan fingerprint density at radius 2 is 1.80 bits per heavy atom. The van der Waals surface area contributed by atoms with Gasteiger partial charge in [-0.05, 0) is 58.7 Å². The summed E-state index contributed by atoms with van der Waals surface area (Å²) in [5.74, 6) is -0.531. The average Bonchev–Trinajstić information content (AvgIpc) is 2.36. The maximum absolute atomic E-state index is 13.4. The highest BCUT2D eigenvalue weighted by Gasteiger charge is 2.17. The van der Waals surface area contributed by atoms with Crippen LogP contribution in [0.15, 0.2) is 50.2 Å². The van der Waals surface area contributed by atoms with Gasteiger partial charge < -0.3 is 0 Å². The molecular weight excluding hydrogens is 413 g/mol. The van der Waals surface area contributed by atoms with Crippen LogP contribution in [0.1, 0.15) is 5.56 Å². The van der Waals surface area contributed by atoms with Crippen LogP contribution in [0, 0.1) is 12.7 Å². The Kier molecular flexibility index (Phi) is 4.51.